The Morgan fingerprint density at radius 3 is 2.53 bits per heavy atom. The highest BCUT2D eigenvalue weighted by Crippen LogP contribution is 2.33. The first-order chi connectivity index (χ1) is 15.3. The van der Waals surface area contributed by atoms with Crippen LogP contribution in [0.25, 0.3) is 22.2 Å². The molecule has 0 aliphatic rings. The Balaban J connectivity index is 1.62. The van der Waals surface area contributed by atoms with E-state index in [4.69, 9.17) is 4.74 Å². The van der Waals surface area contributed by atoms with Gasteiger partial charge in [-0.2, -0.15) is 10.1 Å². The van der Waals surface area contributed by atoms with Gasteiger partial charge in [0.1, 0.15) is 0 Å². The van der Waals surface area contributed by atoms with E-state index in [-0.39, 0.29) is 11.7 Å². The number of carbonyl (C=O) groups is 2. The van der Waals surface area contributed by atoms with Crippen molar-refractivity contribution >= 4 is 28.4 Å². The Kier molecular flexibility index (Phi) is 5.73. The van der Waals surface area contributed by atoms with Gasteiger partial charge in [-0.25, -0.2) is 0 Å². The lowest BCUT2D eigenvalue weighted by atomic mass is 10.0. The van der Waals surface area contributed by atoms with Crippen molar-refractivity contribution in [1.29, 1.82) is 0 Å². The molecule has 0 saturated heterocycles. The average Bonchev–Trinajstić information content (AvgIpc) is 3.07. The van der Waals surface area contributed by atoms with Crippen molar-refractivity contribution in [3.05, 3.63) is 71.9 Å². The number of fused-ring (bicyclic) bond motifs is 1. The quantitative estimate of drug-likeness (QED) is 0.455. The van der Waals surface area contributed by atoms with Crippen LogP contribution in [0.15, 0.2) is 60.7 Å². The van der Waals surface area contributed by atoms with Crippen molar-refractivity contribution in [3.63, 3.8) is 0 Å². The molecule has 0 fully saturated rings. The van der Waals surface area contributed by atoms with Gasteiger partial charge in [0.05, 0.1) is 11.1 Å². The number of amides is 1. The average molecular weight is 428 g/mol. The minimum absolute atomic E-state index is 0.0668. The number of anilines is 1. The number of ether oxygens (including phenoxy) is 1. The Labute approximate surface area is 186 Å². The molecule has 7 nitrogen and oxygen atoms in total. The van der Waals surface area contributed by atoms with Crippen LogP contribution in [0.3, 0.4) is 0 Å². The SMILES string of the molecule is CC(=O)c1cccc(NC(=O)[C@H](C)Oc2cc(-c3ccccc3)c3c(C)nn(C)c3n2)c1. The van der Waals surface area contributed by atoms with Gasteiger partial charge < -0.3 is 10.1 Å². The van der Waals surface area contributed by atoms with Crippen LogP contribution in [-0.2, 0) is 11.8 Å². The van der Waals surface area contributed by atoms with E-state index in [0.29, 0.717) is 22.8 Å². The minimum atomic E-state index is -0.807. The summed E-state index contributed by atoms with van der Waals surface area (Å²) in [5.41, 5.74) is 4.57. The van der Waals surface area contributed by atoms with E-state index in [2.05, 4.69) is 15.4 Å². The number of hydrogen-bond donors (Lipinski definition) is 1. The third kappa shape index (κ3) is 4.23. The molecule has 1 N–H and O–H groups in total. The number of rotatable bonds is 6. The molecule has 2 aromatic carbocycles. The molecule has 1 atom stereocenters. The van der Waals surface area contributed by atoms with Crippen molar-refractivity contribution in [2.45, 2.75) is 26.9 Å². The first kappa shape index (κ1) is 21.2. The number of nitrogens with one attached hydrogen (secondary N) is 1. The van der Waals surface area contributed by atoms with Crippen LogP contribution >= 0.6 is 0 Å². The molecule has 0 spiro atoms. The van der Waals surface area contributed by atoms with Gasteiger partial charge >= 0.3 is 0 Å². The van der Waals surface area contributed by atoms with Crippen LogP contribution in [-0.4, -0.2) is 32.6 Å². The fraction of sp³-hybridized carbons (Fsp3) is 0.200. The number of pyridine rings is 1. The fourth-order valence-corrected chi connectivity index (χ4v) is 3.62. The van der Waals surface area contributed by atoms with Crippen LogP contribution in [0, 0.1) is 6.92 Å². The maximum absolute atomic E-state index is 12.7. The molecule has 0 aliphatic heterocycles. The molecule has 2 aromatic heterocycles. The second-order valence-electron chi connectivity index (χ2n) is 7.67. The largest absolute Gasteiger partial charge is 0.464 e. The van der Waals surface area contributed by atoms with Gasteiger partial charge in [-0.05, 0) is 44.0 Å². The smallest absolute Gasteiger partial charge is 0.265 e. The van der Waals surface area contributed by atoms with E-state index in [0.717, 1.165) is 22.2 Å². The zero-order chi connectivity index (χ0) is 22.8. The zero-order valence-electron chi connectivity index (χ0n) is 18.4. The van der Waals surface area contributed by atoms with E-state index >= 15 is 0 Å². The summed E-state index contributed by atoms with van der Waals surface area (Å²) in [6.45, 7) is 5.09. The van der Waals surface area contributed by atoms with Crippen molar-refractivity contribution in [2.75, 3.05) is 5.32 Å². The fourth-order valence-electron chi connectivity index (χ4n) is 3.62. The summed E-state index contributed by atoms with van der Waals surface area (Å²) >= 11 is 0. The number of hydrogen-bond acceptors (Lipinski definition) is 5. The van der Waals surface area contributed by atoms with Gasteiger partial charge in [0.15, 0.2) is 17.5 Å². The molecule has 0 saturated carbocycles. The van der Waals surface area contributed by atoms with Gasteiger partial charge in [0, 0.05) is 24.4 Å². The number of carbonyl (C=O) groups excluding carboxylic acids is 2. The normalized spacial score (nSPS) is 11.9. The molecule has 0 unspecified atom stereocenters. The predicted molar refractivity (Wildman–Crippen MR) is 124 cm³/mol. The summed E-state index contributed by atoms with van der Waals surface area (Å²) in [7, 11) is 1.83. The van der Waals surface area contributed by atoms with Gasteiger partial charge in [0.25, 0.3) is 5.91 Å². The molecule has 0 radical (unpaired) electrons. The Hall–Kier alpha value is -4.00. The highest BCUT2D eigenvalue weighted by atomic mass is 16.5. The van der Waals surface area contributed by atoms with E-state index in [9.17, 15) is 9.59 Å². The summed E-state index contributed by atoms with van der Waals surface area (Å²) in [4.78, 5) is 28.9. The van der Waals surface area contributed by atoms with Gasteiger partial charge in [0.2, 0.25) is 5.88 Å². The molecule has 4 rings (SSSR count). The Bertz CT molecular complexity index is 1310. The summed E-state index contributed by atoms with van der Waals surface area (Å²) < 4.78 is 7.64. The molecule has 4 aromatic rings. The first-order valence-corrected chi connectivity index (χ1v) is 10.3. The van der Waals surface area contributed by atoms with Gasteiger partial charge in [-0.15, -0.1) is 0 Å². The van der Waals surface area contributed by atoms with Crippen LogP contribution in [0.5, 0.6) is 5.88 Å². The third-order valence-corrected chi connectivity index (χ3v) is 5.23. The molecule has 7 heteroatoms. The molecule has 2 heterocycles. The van der Waals surface area contributed by atoms with Crippen LogP contribution in [0.2, 0.25) is 0 Å². The van der Waals surface area contributed by atoms with E-state index in [1.807, 2.05) is 50.4 Å². The summed E-state index contributed by atoms with van der Waals surface area (Å²) in [5, 5.41) is 8.24. The number of aromatic nitrogens is 3. The zero-order valence-corrected chi connectivity index (χ0v) is 18.4. The molecular weight excluding hydrogens is 404 g/mol. The lowest BCUT2D eigenvalue weighted by Crippen LogP contribution is -2.30. The van der Waals surface area contributed by atoms with Crippen LogP contribution in [0.4, 0.5) is 5.69 Å². The van der Waals surface area contributed by atoms with E-state index < -0.39 is 6.10 Å². The highest BCUT2D eigenvalue weighted by Gasteiger charge is 2.20. The number of Topliss-reactive ketones (excluding diaryl/α,β-unsaturated/α-hetero) is 1. The Morgan fingerprint density at radius 1 is 1.06 bits per heavy atom. The predicted octanol–water partition coefficient (Wildman–Crippen LogP) is 4.55. The molecule has 0 aliphatic carbocycles. The van der Waals surface area contributed by atoms with Crippen LogP contribution in [0.1, 0.15) is 29.9 Å². The molecule has 0 bridgehead atoms. The summed E-state index contributed by atoms with van der Waals surface area (Å²) in [6.07, 6.45) is -0.807. The van der Waals surface area contributed by atoms with Crippen molar-refractivity contribution < 1.29 is 14.3 Å². The van der Waals surface area contributed by atoms with Crippen molar-refractivity contribution in [2.24, 2.45) is 7.05 Å². The Morgan fingerprint density at radius 2 is 1.81 bits per heavy atom. The number of benzene rings is 2. The minimum Gasteiger partial charge on any atom is -0.464 e. The molecule has 32 heavy (non-hydrogen) atoms. The van der Waals surface area contributed by atoms with Crippen molar-refractivity contribution in [3.8, 4) is 17.0 Å². The third-order valence-electron chi connectivity index (χ3n) is 5.23. The lowest BCUT2D eigenvalue weighted by molar-refractivity contribution is -0.122. The summed E-state index contributed by atoms with van der Waals surface area (Å²) in [5.74, 6) is -0.0719. The standard InChI is InChI=1S/C25H24N4O3/c1-15-23-21(18-9-6-5-7-10-18)14-22(27-24(23)29(4)28-15)32-17(3)25(31)26-20-12-8-11-19(13-20)16(2)30/h5-14,17H,1-4H3,(H,26,31)/t17-/m0/s1. The van der Waals surface area contributed by atoms with E-state index in [1.54, 1.807) is 35.9 Å². The molecule has 1 amide bonds. The second kappa shape index (κ2) is 8.63. The summed E-state index contributed by atoms with van der Waals surface area (Å²) in [6, 6.07) is 18.6. The molecule has 162 valence electrons. The monoisotopic (exact) mass is 428 g/mol. The van der Waals surface area contributed by atoms with Gasteiger partial charge in [-0.3, -0.25) is 14.3 Å². The topological polar surface area (TPSA) is 86.1 Å². The first-order valence-electron chi connectivity index (χ1n) is 10.3. The lowest BCUT2D eigenvalue weighted by Gasteiger charge is -2.16. The number of aryl methyl sites for hydroxylation is 2. The highest BCUT2D eigenvalue weighted by molar-refractivity contribution is 5.98. The van der Waals surface area contributed by atoms with Gasteiger partial charge in [-0.1, -0.05) is 42.5 Å². The maximum atomic E-state index is 12.7. The number of ketones is 1. The van der Waals surface area contributed by atoms with E-state index in [1.165, 1.54) is 6.92 Å². The second-order valence-corrected chi connectivity index (χ2v) is 7.67. The van der Waals surface area contributed by atoms with Crippen molar-refractivity contribution in [1.82, 2.24) is 14.8 Å². The number of nitrogens with zero attached hydrogens (tertiary/aromatic N) is 3. The maximum Gasteiger partial charge on any atom is 0.265 e. The molecular formula is C25H24N4O3. The van der Waals surface area contributed by atoms with Crippen LogP contribution < -0.4 is 10.1 Å².